The molecule has 9 heteroatoms. The van der Waals surface area contributed by atoms with E-state index < -0.39 is 23.6 Å². The lowest BCUT2D eigenvalue weighted by molar-refractivity contribution is 0.1000. The van der Waals surface area contributed by atoms with E-state index in [2.05, 4.69) is 10.3 Å². The van der Waals surface area contributed by atoms with Crippen molar-refractivity contribution in [1.29, 1.82) is 0 Å². The first-order valence-corrected chi connectivity index (χ1v) is 8.28. The van der Waals surface area contributed by atoms with E-state index in [0.29, 0.717) is 11.2 Å². The minimum absolute atomic E-state index is 0.152. The number of nitrogens with one attached hydrogen (secondary N) is 1. The highest BCUT2D eigenvalue weighted by Gasteiger charge is 2.20. The van der Waals surface area contributed by atoms with E-state index in [1.54, 1.807) is 37.3 Å². The van der Waals surface area contributed by atoms with Gasteiger partial charge in [0.1, 0.15) is 5.82 Å². The third kappa shape index (κ3) is 3.47. The Morgan fingerprint density at radius 2 is 1.96 bits per heavy atom. The van der Waals surface area contributed by atoms with Crippen molar-refractivity contribution in [3.05, 3.63) is 69.2 Å². The molecule has 0 aliphatic heterocycles. The van der Waals surface area contributed by atoms with Gasteiger partial charge in [-0.1, -0.05) is 23.7 Å². The maximum absolute atomic E-state index is 13.2. The van der Waals surface area contributed by atoms with E-state index in [0.717, 1.165) is 0 Å². The summed E-state index contributed by atoms with van der Waals surface area (Å²) < 4.78 is 1.22. The highest BCUT2D eigenvalue weighted by molar-refractivity contribution is 6.35. The van der Waals surface area contributed by atoms with Crippen LogP contribution in [0.25, 0.3) is 16.6 Å². The Hall–Kier alpha value is -3.39. The van der Waals surface area contributed by atoms with Gasteiger partial charge in [-0.25, -0.2) is 9.78 Å². The van der Waals surface area contributed by atoms with Crippen LogP contribution >= 0.6 is 11.6 Å². The van der Waals surface area contributed by atoms with Gasteiger partial charge in [-0.15, -0.1) is 0 Å². The van der Waals surface area contributed by atoms with Gasteiger partial charge in [0.05, 0.1) is 27.7 Å². The number of fused-ring (bicyclic) bond motifs is 1. The summed E-state index contributed by atoms with van der Waals surface area (Å²) >= 11 is 6.18. The second-order valence-corrected chi connectivity index (χ2v) is 6.24. The van der Waals surface area contributed by atoms with Crippen molar-refractivity contribution in [3.63, 3.8) is 0 Å². The number of nitrogens with zero attached hydrogens (tertiary/aromatic N) is 2. The Kier molecular flexibility index (Phi) is 4.83. The number of nitrogens with two attached hydrogens (primary N) is 1. The third-order valence-corrected chi connectivity index (χ3v) is 4.30. The average molecular weight is 387 g/mol. The van der Waals surface area contributed by atoms with Crippen LogP contribution in [0.2, 0.25) is 5.02 Å². The fraction of sp³-hybridized carbons (Fsp3) is 0.111. The molecule has 1 heterocycles. The van der Waals surface area contributed by atoms with E-state index in [4.69, 9.17) is 22.4 Å². The minimum Gasteiger partial charge on any atom is -0.465 e. The minimum atomic E-state index is -1.26. The molecule has 0 saturated heterocycles. The normalized spacial score (nSPS) is 11.9. The number of carboxylic acid groups (broad SMARTS) is 1. The lowest BCUT2D eigenvalue weighted by Gasteiger charge is -2.19. The molecule has 4 N–H and O–H groups in total. The smallest absolute Gasteiger partial charge is 0.405 e. The summed E-state index contributed by atoms with van der Waals surface area (Å²) in [5, 5.41) is 11.7. The monoisotopic (exact) mass is 386 g/mol. The van der Waals surface area contributed by atoms with Crippen molar-refractivity contribution in [2.24, 2.45) is 5.73 Å². The van der Waals surface area contributed by atoms with Crippen molar-refractivity contribution in [1.82, 2.24) is 14.9 Å². The van der Waals surface area contributed by atoms with Crippen molar-refractivity contribution in [3.8, 4) is 5.69 Å². The van der Waals surface area contributed by atoms with Gasteiger partial charge in [0, 0.05) is 5.56 Å². The fourth-order valence-electron chi connectivity index (χ4n) is 2.79. The van der Waals surface area contributed by atoms with Gasteiger partial charge in [-0.3, -0.25) is 14.2 Å². The maximum Gasteiger partial charge on any atom is 0.405 e. The molecule has 0 aliphatic carbocycles. The quantitative estimate of drug-likeness (QED) is 0.634. The van der Waals surface area contributed by atoms with Gasteiger partial charge in [0.15, 0.2) is 0 Å². The largest absolute Gasteiger partial charge is 0.465 e. The molecular formula is C18H15ClN4O4. The summed E-state index contributed by atoms with van der Waals surface area (Å²) in [6.45, 7) is 1.56. The van der Waals surface area contributed by atoms with Gasteiger partial charge in [0.25, 0.3) is 5.56 Å². The summed E-state index contributed by atoms with van der Waals surface area (Å²) in [4.78, 5) is 40.2. The summed E-state index contributed by atoms with van der Waals surface area (Å²) in [6, 6.07) is 10.1. The number of rotatable bonds is 4. The number of halogens is 1. The molecule has 1 atom stereocenters. The van der Waals surface area contributed by atoms with Crippen LogP contribution in [0.15, 0.2) is 47.3 Å². The van der Waals surface area contributed by atoms with Crippen molar-refractivity contribution in [2.45, 2.75) is 13.0 Å². The number of hydrogen-bond acceptors (Lipinski definition) is 4. The van der Waals surface area contributed by atoms with E-state index in [-0.39, 0.29) is 21.8 Å². The second-order valence-electron chi connectivity index (χ2n) is 5.83. The predicted molar refractivity (Wildman–Crippen MR) is 100 cm³/mol. The van der Waals surface area contributed by atoms with Gasteiger partial charge >= 0.3 is 6.09 Å². The Labute approximate surface area is 158 Å². The highest BCUT2D eigenvalue weighted by Crippen LogP contribution is 2.23. The lowest BCUT2D eigenvalue weighted by Crippen LogP contribution is -2.32. The molecule has 0 aliphatic rings. The van der Waals surface area contributed by atoms with E-state index in [1.807, 2.05) is 0 Å². The maximum atomic E-state index is 13.2. The summed E-state index contributed by atoms with van der Waals surface area (Å²) in [5.74, 6) is -0.506. The molecule has 1 aromatic heterocycles. The number of primary amides is 1. The zero-order valence-corrected chi connectivity index (χ0v) is 14.9. The summed E-state index contributed by atoms with van der Waals surface area (Å²) in [7, 11) is 0. The summed E-state index contributed by atoms with van der Waals surface area (Å²) in [6.07, 6.45) is -1.26. The number of amides is 2. The zero-order chi connectivity index (χ0) is 19.7. The molecule has 2 aromatic carbocycles. The second kappa shape index (κ2) is 7.08. The molecule has 0 spiro atoms. The molecule has 138 valence electrons. The van der Waals surface area contributed by atoms with Gasteiger partial charge in [-0.2, -0.15) is 0 Å². The summed E-state index contributed by atoms with van der Waals surface area (Å²) in [5.41, 5.74) is 5.69. The SMILES string of the molecule is CC(NC(=O)O)c1nc2cccc(Cl)c2c(=O)n1-c1cccc(C(N)=O)c1. The first kappa shape index (κ1) is 18.4. The molecule has 0 radical (unpaired) electrons. The van der Waals surface area contributed by atoms with Crippen LogP contribution in [0, 0.1) is 0 Å². The Balaban J connectivity index is 2.37. The van der Waals surface area contributed by atoms with Crippen LogP contribution in [0.4, 0.5) is 4.79 Å². The molecule has 0 saturated carbocycles. The lowest BCUT2D eigenvalue weighted by atomic mass is 10.1. The molecule has 1 unspecified atom stereocenters. The van der Waals surface area contributed by atoms with E-state index >= 15 is 0 Å². The highest BCUT2D eigenvalue weighted by atomic mass is 35.5. The van der Waals surface area contributed by atoms with Crippen LogP contribution in [0.5, 0.6) is 0 Å². The Morgan fingerprint density at radius 3 is 2.63 bits per heavy atom. The molecular weight excluding hydrogens is 372 g/mol. The van der Waals surface area contributed by atoms with Crippen LogP contribution in [-0.4, -0.2) is 26.7 Å². The fourth-order valence-corrected chi connectivity index (χ4v) is 3.05. The van der Waals surface area contributed by atoms with Crippen LogP contribution < -0.4 is 16.6 Å². The predicted octanol–water partition coefficient (Wildman–Crippen LogP) is 2.47. The molecule has 8 nitrogen and oxygen atoms in total. The molecule has 0 fully saturated rings. The first-order valence-electron chi connectivity index (χ1n) is 7.90. The number of carbonyl (C=O) groups excluding carboxylic acids is 1. The van der Waals surface area contributed by atoms with Crippen molar-refractivity contribution in [2.75, 3.05) is 0 Å². The average Bonchev–Trinajstić information content (AvgIpc) is 2.60. The van der Waals surface area contributed by atoms with Gasteiger partial charge < -0.3 is 16.2 Å². The topological polar surface area (TPSA) is 127 Å². The van der Waals surface area contributed by atoms with Crippen LogP contribution in [0.3, 0.4) is 0 Å². The zero-order valence-electron chi connectivity index (χ0n) is 14.1. The van der Waals surface area contributed by atoms with Gasteiger partial charge in [-0.05, 0) is 37.3 Å². The first-order chi connectivity index (χ1) is 12.8. The van der Waals surface area contributed by atoms with Crippen molar-refractivity contribution >= 4 is 34.5 Å². The number of aromatic nitrogens is 2. The van der Waals surface area contributed by atoms with Crippen molar-refractivity contribution < 1.29 is 14.7 Å². The molecule has 0 bridgehead atoms. The molecule has 2 amide bonds. The number of benzene rings is 2. The molecule has 27 heavy (non-hydrogen) atoms. The Morgan fingerprint density at radius 1 is 1.26 bits per heavy atom. The van der Waals surface area contributed by atoms with E-state index in [1.165, 1.54) is 16.7 Å². The standard InChI is InChI=1S/C18H15ClN4O4/c1-9(21-18(26)27)16-22-13-7-3-6-12(19)14(13)17(25)23(16)11-5-2-4-10(8-11)15(20)24/h2-9,21H,1H3,(H2,20,24)(H,26,27). The number of hydrogen-bond donors (Lipinski definition) is 3. The van der Waals surface area contributed by atoms with Gasteiger partial charge in [0.2, 0.25) is 5.91 Å². The van der Waals surface area contributed by atoms with E-state index in [9.17, 15) is 14.4 Å². The molecule has 3 rings (SSSR count). The third-order valence-electron chi connectivity index (χ3n) is 3.99. The van der Waals surface area contributed by atoms with Crippen LogP contribution in [0.1, 0.15) is 29.1 Å². The Bertz CT molecular complexity index is 1130. The molecule has 3 aromatic rings. The number of carbonyl (C=O) groups is 2. The van der Waals surface area contributed by atoms with Crippen LogP contribution in [-0.2, 0) is 0 Å².